The highest BCUT2D eigenvalue weighted by Crippen LogP contribution is 1.94. The van der Waals surface area contributed by atoms with Crippen LogP contribution in [0.2, 0.25) is 0 Å². The van der Waals surface area contributed by atoms with Crippen LogP contribution in [0.4, 0.5) is 0 Å². The summed E-state index contributed by atoms with van der Waals surface area (Å²) >= 11 is 0. The van der Waals surface area contributed by atoms with Crippen molar-refractivity contribution in [3.63, 3.8) is 0 Å². The number of carboxylic acid groups (broad SMARTS) is 1. The molecule has 0 aromatic carbocycles. The lowest BCUT2D eigenvalue weighted by Crippen LogP contribution is -2.38. The van der Waals surface area contributed by atoms with Crippen LogP contribution in [0.15, 0.2) is 0 Å². The molecule has 0 saturated heterocycles. The second kappa shape index (κ2) is 6.37. The summed E-state index contributed by atoms with van der Waals surface area (Å²) in [6, 6.07) is 0. The minimum Gasteiger partial charge on any atom is -0.481 e. The summed E-state index contributed by atoms with van der Waals surface area (Å²) in [5, 5.41) is 8.47. The Morgan fingerprint density at radius 1 is 1.29 bits per heavy atom. The van der Waals surface area contributed by atoms with Crippen molar-refractivity contribution in [1.82, 2.24) is 9.80 Å². The Kier molecular flexibility index (Phi) is 5.87. The zero-order valence-electron chi connectivity index (χ0n) is 8.99. The van der Waals surface area contributed by atoms with E-state index in [1.165, 1.54) is 0 Å². The van der Waals surface area contributed by atoms with E-state index in [0.29, 0.717) is 19.6 Å². The van der Waals surface area contributed by atoms with E-state index in [1.54, 1.807) is 9.80 Å². The highest BCUT2D eigenvalue weighted by molar-refractivity contribution is 5.78. The smallest absolute Gasteiger partial charge is 0.305 e. The molecule has 0 rings (SSSR count). The van der Waals surface area contributed by atoms with Crippen molar-refractivity contribution in [3.05, 3.63) is 0 Å². The van der Waals surface area contributed by atoms with Crippen molar-refractivity contribution in [2.45, 2.75) is 13.3 Å². The lowest BCUT2D eigenvalue weighted by atomic mass is 10.3. The molecule has 0 unspecified atom stereocenters. The number of likely N-dealkylation sites (N-methyl/N-ethyl adjacent to an activating group) is 2. The monoisotopic (exact) mass is 202 g/mol. The number of rotatable bonds is 6. The summed E-state index contributed by atoms with van der Waals surface area (Å²) in [7, 11) is 3.62. The van der Waals surface area contributed by atoms with Gasteiger partial charge in [0.15, 0.2) is 0 Å². The van der Waals surface area contributed by atoms with Crippen LogP contribution >= 0.6 is 0 Å². The Balaban J connectivity index is 3.99. The molecule has 5 heteroatoms. The van der Waals surface area contributed by atoms with Crippen LogP contribution in [0, 0.1) is 0 Å². The predicted octanol–water partition coefficient (Wildman–Crippen LogP) is -0.129. The van der Waals surface area contributed by atoms with E-state index in [1.807, 2.05) is 21.0 Å². The van der Waals surface area contributed by atoms with Gasteiger partial charge >= 0.3 is 5.97 Å². The third-order valence-corrected chi connectivity index (χ3v) is 1.78. The number of carboxylic acids is 1. The van der Waals surface area contributed by atoms with Gasteiger partial charge in [-0.1, -0.05) is 0 Å². The van der Waals surface area contributed by atoms with Gasteiger partial charge in [0, 0.05) is 13.1 Å². The second-order valence-electron chi connectivity index (χ2n) is 3.35. The number of carbonyl (C=O) groups excluding carboxylic acids is 1. The molecule has 82 valence electrons. The van der Waals surface area contributed by atoms with E-state index in [2.05, 4.69) is 0 Å². The predicted molar refractivity (Wildman–Crippen MR) is 53.1 cm³/mol. The highest BCUT2D eigenvalue weighted by atomic mass is 16.4. The summed E-state index contributed by atoms with van der Waals surface area (Å²) in [5.74, 6) is -0.903. The van der Waals surface area contributed by atoms with Crippen molar-refractivity contribution < 1.29 is 14.7 Å². The van der Waals surface area contributed by atoms with Crippen LogP contribution in [0.25, 0.3) is 0 Å². The molecule has 0 aliphatic carbocycles. The quantitative estimate of drug-likeness (QED) is 0.652. The Bertz CT molecular complexity index is 204. The molecule has 5 nitrogen and oxygen atoms in total. The van der Waals surface area contributed by atoms with E-state index in [4.69, 9.17) is 5.11 Å². The average molecular weight is 202 g/mol. The summed E-state index contributed by atoms with van der Waals surface area (Å²) in [5.41, 5.74) is 0. The van der Waals surface area contributed by atoms with Crippen molar-refractivity contribution >= 4 is 11.9 Å². The van der Waals surface area contributed by atoms with E-state index >= 15 is 0 Å². The number of nitrogens with zero attached hydrogens (tertiary/aromatic N) is 2. The third kappa shape index (κ3) is 5.53. The van der Waals surface area contributed by atoms with Gasteiger partial charge in [-0.2, -0.15) is 0 Å². The minimum atomic E-state index is -0.874. The fraction of sp³-hybridized carbons (Fsp3) is 0.778. The molecular formula is C9H18N2O3. The van der Waals surface area contributed by atoms with E-state index < -0.39 is 5.97 Å². The van der Waals surface area contributed by atoms with E-state index in [-0.39, 0.29) is 12.3 Å². The molecule has 0 atom stereocenters. The molecule has 0 aliphatic heterocycles. The van der Waals surface area contributed by atoms with Gasteiger partial charge in [0.1, 0.15) is 0 Å². The molecule has 14 heavy (non-hydrogen) atoms. The zero-order valence-corrected chi connectivity index (χ0v) is 8.99. The molecule has 0 aliphatic rings. The van der Waals surface area contributed by atoms with E-state index in [0.717, 1.165) is 0 Å². The van der Waals surface area contributed by atoms with Gasteiger partial charge in [0.25, 0.3) is 0 Å². The molecule has 0 fully saturated rings. The largest absolute Gasteiger partial charge is 0.481 e. The average Bonchev–Trinajstić information content (AvgIpc) is 2.03. The first-order chi connectivity index (χ1) is 6.47. The molecule has 0 heterocycles. The Hall–Kier alpha value is -1.10. The van der Waals surface area contributed by atoms with Crippen LogP contribution in [0.3, 0.4) is 0 Å². The molecule has 0 aromatic rings. The molecule has 1 amide bonds. The lowest BCUT2D eigenvalue weighted by Gasteiger charge is -2.21. The van der Waals surface area contributed by atoms with Crippen molar-refractivity contribution in [3.8, 4) is 0 Å². The first kappa shape index (κ1) is 12.9. The van der Waals surface area contributed by atoms with Gasteiger partial charge in [-0.25, -0.2) is 0 Å². The van der Waals surface area contributed by atoms with Gasteiger partial charge in [-0.3, -0.25) is 9.59 Å². The maximum atomic E-state index is 11.5. The van der Waals surface area contributed by atoms with Crippen molar-refractivity contribution in [1.29, 1.82) is 0 Å². The molecule has 0 spiro atoms. The number of aliphatic carboxylic acids is 1. The SMILES string of the molecule is CCN(CCC(=O)O)C(=O)CN(C)C. The summed E-state index contributed by atoms with van der Waals surface area (Å²) in [6.45, 7) is 3.02. The maximum absolute atomic E-state index is 11.5. The Labute approximate surface area is 84.3 Å². The van der Waals surface area contributed by atoms with Crippen LogP contribution in [-0.2, 0) is 9.59 Å². The van der Waals surface area contributed by atoms with Crippen molar-refractivity contribution in [2.24, 2.45) is 0 Å². The number of carbonyl (C=O) groups is 2. The molecule has 0 radical (unpaired) electrons. The van der Waals surface area contributed by atoms with Crippen LogP contribution in [-0.4, -0.2) is 60.5 Å². The van der Waals surface area contributed by atoms with Gasteiger partial charge < -0.3 is 14.9 Å². The summed E-state index contributed by atoms with van der Waals surface area (Å²) < 4.78 is 0. The Morgan fingerprint density at radius 3 is 2.21 bits per heavy atom. The molecule has 0 aromatic heterocycles. The zero-order chi connectivity index (χ0) is 11.1. The van der Waals surface area contributed by atoms with Crippen LogP contribution < -0.4 is 0 Å². The normalized spacial score (nSPS) is 10.3. The molecular weight excluding hydrogens is 184 g/mol. The summed E-state index contributed by atoms with van der Waals surface area (Å²) in [4.78, 5) is 25.1. The van der Waals surface area contributed by atoms with Crippen molar-refractivity contribution in [2.75, 3.05) is 33.7 Å². The molecule has 0 saturated carbocycles. The standard InChI is InChI=1S/C9H18N2O3/c1-4-11(6-5-9(13)14)8(12)7-10(2)3/h4-7H2,1-3H3,(H,13,14). The molecule has 0 bridgehead atoms. The van der Waals surface area contributed by atoms with E-state index in [9.17, 15) is 9.59 Å². The van der Waals surface area contributed by atoms with Gasteiger partial charge in [-0.15, -0.1) is 0 Å². The fourth-order valence-electron chi connectivity index (χ4n) is 1.06. The first-order valence-electron chi connectivity index (χ1n) is 4.61. The Morgan fingerprint density at radius 2 is 1.86 bits per heavy atom. The third-order valence-electron chi connectivity index (χ3n) is 1.78. The van der Waals surface area contributed by atoms with Gasteiger partial charge in [0.2, 0.25) is 5.91 Å². The van der Waals surface area contributed by atoms with Gasteiger partial charge in [-0.05, 0) is 21.0 Å². The fourth-order valence-corrected chi connectivity index (χ4v) is 1.06. The number of amides is 1. The van der Waals surface area contributed by atoms with Crippen LogP contribution in [0.1, 0.15) is 13.3 Å². The highest BCUT2D eigenvalue weighted by Gasteiger charge is 2.13. The number of hydrogen-bond acceptors (Lipinski definition) is 3. The lowest BCUT2D eigenvalue weighted by molar-refractivity contribution is -0.138. The van der Waals surface area contributed by atoms with Crippen LogP contribution in [0.5, 0.6) is 0 Å². The maximum Gasteiger partial charge on any atom is 0.305 e. The summed E-state index contributed by atoms with van der Waals surface area (Å²) in [6.07, 6.45) is 0.00695. The second-order valence-corrected chi connectivity index (χ2v) is 3.35. The molecule has 1 N–H and O–H groups in total. The number of hydrogen-bond donors (Lipinski definition) is 1. The topological polar surface area (TPSA) is 60.9 Å². The van der Waals surface area contributed by atoms with Gasteiger partial charge in [0.05, 0.1) is 13.0 Å². The first-order valence-corrected chi connectivity index (χ1v) is 4.61. The minimum absolute atomic E-state index is 0.00695.